The first-order valence-electron chi connectivity index (χ1n) is 5.52. The van der Waals surface area contributed by atoms with Gasteiger partial charge in [0.1, 0.15) is 0 Å². The van der Waals surface area contributed by atoms with Gasteiger partial charge in [0.05, 0.1) is 11.6 Å². The Labute approximate surface area is 96.6 Å². The lowest BCUT2D eigenvalue weighted by Crippen LogP contribution is -2.53. The number of nitrogens with two attached hydrogens (primary N) is 2. The Morgan fingerprint density at radius 3 is 2.38 bits per heavy atom. The monoisotopic (exact) mass is 214 g/mol. The van der Waals surface area contributed by atoms with Gasteiger partial charge in [-0.05, 0) is 19.4 Å². The van der Waals surface area contributed by atoms with Crippen LogP contribution in [0.3, 0.4) is 0 Å². The van der Waals surface area contributed by atoms with Crippen molar-refractivity contribution in [1.29, 1.82) is 0 Å². The van der Waals surface area contributed by atoms with E-state index in [0.29, 0.717) is 0 Å². The largest absolute Gasteiger partial charge is 0.322 e. The fourth-order valence-electron chi connectivity index (χ4n) is 2.10. The van der Waals surface area contributed by atoms with Crippen LogP contribution in [0.1, 0.15) is 19.4 Å². The van der Waals surface area contributed by atoms with Crippen LogP contribution >= 0.6 is 0 Å². The van der Waals surface area contributed by atoms with E-state index in [0.717, 1.165) is 11.1 Å². The summed E-state index contributed by atoms with van der Waals surface area (Å²) in [6, 6.07) is 9.87. The Hall–Kier alpha value is -1.38. The lowest BCUT2D eigenvalue weighted by atomic mass is 9.76. The van der Waals surface area contributed by atoms with E-state index in [9.17, 15) is 0 Å². The van der Waals surface area contributed by atoms with E-state index in [1.807, 2.05) is 43.3 Å². The summed E-state index contributed by atoms with van der Waals surface area (Å²) in [4.78, 5) is 0. The minimum atomic E-state index is -0.579. The second-order valence-electron chi connectivity index (χ2n) is 4.48. The molecule has 0 bridgehead atoms. The average Bonchev–Trinajstić information content (AvgIpc) is 2.33. The van der Waals surface area contributed by atoms with Crippen molar-refractivity contribution in [3.63, 3.8) is 0 Å². The summed E-state index contributed by atoms with van der Waals surface area (Å²) < 4.78 is 0. The molecule has 2 atom stereocenters. The van der Waals surface area contributed by atoms with Gasteiger partial charge in [0.2, 0.25) is 0 Å². The average molecular weight is 214 g/mol. The van der Waals surface area contributed by atoms with E-state index >= 15 is 0 Å². The molecule has 4 N–H and O–H groups in total. The molecule has 0 saturated carbocycles. The van der Waals surface area contributed by atoms with Crippen LogP contribution in [0.2, 0.25) is 0 Å². The summed E-state index contributed by atoms with van der Waals surface area (Å²) in [5.41, 5.74) is 15.5. The Morgan fingerprint density at radius 1 is 1.12 bits per heavy atom. The van der Waals surface area contributed by atoms with Gasteiger partial charge in [-0.25, -0.2) is 0 Å². The van der Waals surface area contributed by atoms with Crippen molar-refractivity contribution in [2.24, 2.45) is 11.5 Å². The molecule has 1 aliphatic carbocycles. The van der Waals surface area contributed by atoms with Crippen molar-refractivity contribution in [3.8, 4) is 0 Å². The third-order valence-corrected chi connectivity index (χ3v) is 3.49. The van der Waals surface area contributed by atoms with E-state index < -0.39 is 5.54 Å². The highest BCUT2D eigenvalue weighted by atomic mass is 14.9. The van der Waals surface area contributed by atoms with Gasteiger partial charge in [-0.1, -0.05) is 53.6 Å². The normalized spacial score (nSPS) is 29.6. The van der Waals surface area contributed by atoms with Crippen LogP contribution in [0.5, 0.6) is 0 Å². The smallest absolute Gasteiger partial charge is 0.0791 e. The SMILES string of the molecule is CC1=C(C)C(N)C(N)(c2ccccc2)C=C1. The Kier molecular flexibility index (Phi) is 2.70. The molecular weight excluding hydrogens is 196 g/mol. The molecular formula is C14H18N2. The number of hydrogen-bond acceptors (Lipinski definition) is 2. The lowest BCUT2D eigenvalue weighted by Gasteiger charge is -2.37. The quantitative estimate of drug-likeness (QED) is 0.752. The zero-order chi connectivity index (χ0) is 11.8. The predicted octanol–water partition coefficient (Wildman–Crippen LogP) is 2.07. The maximum absolute atomic E-state index is 6.43. The van der Waals surface area contributed by atoms with Crippen LogP contribution in [0.25, 0.3) is 0 Å². The molecule has 1 aromatic rings. The zero-order valence-corrected chi connectivity index (χ0v) is 9.77. The zero-order valence-electron chi connectivity index (χ0n) is 9.77. The topological polar surface area (TPSA) is 52.0 Å². The predicted molar refractivity (Wildman–Crippen MR) is 67.8 cm³/mol. The van der Waals surface area contributed by atoms with E-state index in [2.05, 4.69) is 13.0 Å². The summed E-state index contributed by atoms with van der Waals surface area (Å²) in [5, 5.41) is 0. The van der Waals surface area contributed by atoms with E-state index in [1.165, 1.54) is 5.57 Å². The fourth-order valence-corrected chi connectivity index (χ4v) is 2.10. The lowest BCUT2D eigenvalue weighted by molar-refractivity contribution is 0.471. The summed E-state index contributed by atoms with van der Waals surface area (Å²) in [5.74, 6) is 0. The molecule has 0 fully saturated rings. The van der Waals surface area contributed by atoms with E-state index in [1.54, 1.807) is 0 Å². The van der Waals surface area contributed by atoms with Gasteiger partial charge in [-0.2, -0.15) is 0 Å². The molecule has 84 valence electrons. The molecule has 0 aromatic heterocycles. The van der Waals surface area contributed by atoms with Gasteiger partial charge in [0, 0.05) is 0 Å². The molecule has 16 heavy (non-hydrogen) atoms. The van der Waals surface area contributed by atoms with Crippen molar-refractivity contribution in [3.05, 3.63) is 59.2 Å². The number of hydrogen-bond donors (Lipinski definition) is 2. The first-order valence-corrected chi connectivity index (χ1v) is 5.52. The Bertz CT molecular complexity index is 445. The minimum absolute atomic E-state index is 0.153. The highest BCUT2D eigenvalue weighted by Crippen LogP contribution is 2.31. The van der Waals surface area contributed by atoms with E-state index in [4.69, 9.17) is 11.5 Å². The molecule has 2 rings (SSSR count). The first kappa shape index (κ1) is 11.1. The van der Waals surface area contributed by atoms with Crippen LogP contribution < -0.4 is 11.5 Å². The fraction of sp³-hybridized carbons (Fsp3) is 0.286. The van der Waals surface area contributed by atoms with Gasteiger partial charge in [0.25, 0.3) is 0 Å². The van der Waals surface area contributed by atoms with Crippen LogP contribution in [0, 0.1) is 0 Å². The van der Waals surface area contributed by atoms with Gasteiger partial charge in [-0.3, -0.25) is 0 Å². The molecule has 0 amide bonds. The summed E-state index contributed by atoms with van der Waals surface area (Å²) >= 11 is 0. The van der Waals surface area contributed by atoms with Crippen LogP contribution in [0.4, 0.5) is 0 Å². The maximum Gasteiger partial charge on any atom is 0.0791 e. The van der Waals surface area contributed by atoms with Crippen molar-refractivity contribution in [2.45, 2.75) is 25.4 Å². The van der Waals surface area contributed by atoms with Crippen LogP contribution in [-0.2, 0) is 5.54 Å². The second-order valence-corrected chi connectivity index (χ2v) is 4.48. The van der Waals surface area contributed by atoms with Crippen molar-refractivity contribution in [1.82, 2.24) is 0 Å². The molecule has 2 unspecified atom stereocenters. The highest BCUT2D eigenvalue weighted by Gasteiger charge is 2.35. The summed E-state index contributed by atoms with van der Waals surface area (Å²) in [6.45, 7) is 4.12. The van der Waals surface area contributed by atoms with Crippen LogP contribution in [-0.4, -0.2) is 6.04 Å². The molecule has 2 nitrogen and oxygen atoms in total. The first-order chi connectivity index (χ1) is 7.55. The Balaban J connectivity index is 2.47. The van der Waals surface area contributed by atoms with E-state index in [-0.39, 0.29) is 6.04 Å². The number of allylic oxidation sites excluding steroid dienone is 2. The molecule has 1 aromatic carbocycles. The van der Waals surface area contributed by atoms with Crippen molar-refractivity contribution < 1.29 is 0 Å². The third-order valence-electron chi connectivity index (χ3n) is 3.49. The summed E-state index contributed by atoms with van der Waals surface area (Å²) in [7, 11) is 0. The van der Waals surface area contributed by atoms with Gasteiger partial charge in [0.15, 0.2) is 0 Å². The molecule has 2 heteroatoms. The highest BCUT2D eigenvalue weighted by molar-refractivity contribution is 5.44. The number of benzene rings is 1. The van der Waals surface area contributed by atoms with Crippen LogP contribution in [0.15, 0.2) is 53.6 Å². The van der Waals surface area contributed by atoms with Gasteiger partial charge < -0.3 is 11.5 Å². The molecule has 0 spiro atoms. The van der Waals surface area contributed by atoms with Gasteiger partial charge in [-0.15, -0.1) is 0 Å². The minimum Gasteiger partial charge on any atom is -0.322 e. The third kappa shape index (κ3) is 1.60. The molecule has 0 radical (unpaired) electrons. The summed E-state index contributed by atoms with van der Waals surface area (Å²) in [6.07, 6.45) is 4.07. The standard InChI is InChI=1S/C14H18N2/c1-10-8-9-14(16,13(15)11(10)2)12-6-4-3-5-7-12/h3-9,13H,15-16H2,1-2H3. The Morgan fingerprint density at radius 2 is 1.75 bits per heavy atom. The van der Waals surface area contributed by atoms with Gasteiger partial charge >= 0.3 is 0 Å². The second kappa shape index (κ2) is 3.89. The van der Waals surface area contributed by atoms with Crippen molar-refractivity contribution in [2.75, 3.05) is 0 Å². The molecule has 1 aliphatic rings. The molecule has 0 heterocycles. The molecule has 0 saturated heterocycles. The maximum atomic E-state index is 6.43. The van der Waals surface area contributed by atoms with Crippen molar-refractivity contribution >= 4 is 0 Å². The number of rotatable bonds is 1. The molecule has 0 aliphatic heterocycles.